The normalized spacial score (nSPS) is 19.1. The Kier molecular flexibility index (Phi) is 4.38. The Morgan fingerprint density at radius 3 is 3.04 bits per heavy atom. The number of hydrogen-bond donors (Lipinski definition) is 1. The van der Waals surface area contributed by atoms with Crippen molar-refractivity contribution in [2.75, 3.05) is 13.1 Å². The molecule has 1 aliphatic rings. The molecule has 1 aliphatic heterocycles. The van der Waals surface area contributed by atoms with E-state index in [0.717, 1.165) is 12.1 Å². The van der Waals surface area contributed by atoms with Gasteiger partial charge in [-0.2, -0.15) is 4.98 Å². The van der Waals surface area contributed by atoms with Crippen LogP contribution in [0, 0.1) is 6.92 Å². The van der Waals surface area contributed by atoms with Crippen molar-refractivity contribution >= 4 is 5.91 Å². The smallest absolute Gasteiger partial charge is 0.237 e. The second-order valence-corrected chi connectivity index (χ2v) is 6.02. The summed E-state index contributed by atoms with van der Waals surface area (Å²) in [6.07, 6.45) is 2.11. The van der Waals surface area contributed by atoms with Crippen molar-refractivity contribution in [2.45, 2.75) is 39.3 Å². The Morgan fingerprint density at radius 2 is 2.30 bits per heavy atom. The average molecular weight is 315 g/mol. The summed E-state index contributed by atoms with van der Waals surface area (Å²) in [6, 6.07) is 3.83. The van der Waals surface area contributed by atoms with Crippen molar-refractivity contribution in [3.8, 4) is 11.5 Å². The van der Waals surface area contributed by atoms with Crippen LogP contribution < -0.4 is 5.32 Å². The number of aryl methyl sites for hydroxylation is 1. The van der Waals surface area contributed by atoms with Gasteiger partial charge in [-0.15, -0.1) is 0 Å². The topological polar surface area (TPSA) is 84.1 Å². The van der Waals surface area contributed by atoms with Crippen LogP contribution >= 0.6 is 0 Å². The van der Waals surface area contributed by atoms with E-state index in [-0.39, 0.29) is 18.0 Å². The van der Waals surface area contributed by atoms with Gasteiger partial charge in [-0.05, 0) is 32.4 Å². The first-order valence-electron chi connectivity index (χ1n) is 7.84. The second-order valence-electron chi connectivity index (χ2n) is 6.02. The molecule has 1 fully saturated rings. The zero-order chi connectivity index (χ0) is 16.4. The standard InChI is InChI=1S/C16H21N5O2/c1-10(2)21-8-7-18-16(22)12(21)9-13-19-15(20-23-13)14-11(3)5-4-6-17-14/h4-6,10,12H,7-9H2,1-3H3,(H,18,22)/t12-/m1/s1. The van der Waals surface area contributed by atoms with Gasteiger partial charge in [0.25, 0.3) is 0 Å². The van der Waals surface area contributed by atoms with Crippen molar-refractivity contribution < 1.29 is 9.32 Å². The number of nitrogens with zero attached hydrogens (tertiary/aromatic N) is 4. The molecule has 0 aliphatic carbocycles. The van der Waals surface area contributed by atoms with E-state index in [2.05, 4.69) is 39.2 Å². The minimum atomic E-state index is -0.276. The monoisotopic (exact) mass is 315 g/mol. The highest BCUT2D eigenvalue weighted by Crippen LogP contribution is 2.19. The average Bonchev–Trinajstić information content (AvgIpc) is 2.98. The summed E-state index contributed by atoms with van der Waals surface area (Å²) in [5.41, 5.74) is 1.69. The van der Waals surface area contributed by atoms with Crippen LogP contribution in [0.1, 0.15) is 25.3 Å². The van der Waals surface area contributed by atoms with E-state index in [9.17, 15) is 4.79 Å². The predicted molar refractivity (Wildman–Crippen MR) is 84.6 cm³/mol. The molecule has 2 aromatic rings. The highest BCUT2D eigenvalue weighted by Gasteiger charge is 2.33. The van der Waals surface area contributed by atoms with Gasteiger partial charge in [-0.3, -0.25) is 14.7 Å². The fraction of sp³-hybridized carbons (Fsp3) is 0.500. The lowest BCUT2D eigenvalue weighted by Crippen LogP contribution is -2.58. The fourth-order valence-electron chi connectivity index (χ4n) is 2.88. The maximum atomic E-state index is 12.2. The molecular weight excluding hydrogens is 294 g/mol. The third-order valence-corrected chi connectivity index (χ3v) is 4.09. The van der Waals surface area contributed by atoms with Gasteiger partial charge in [0.05, 0.1) is 12.5 Å². The van der Waals surface area contributed by atoms with Crippen LogP contribution in [-0.2, 0) is 11.2 Å². The van der Waals surface area contributed by atoms with Gasteiger partial charge < -0.3 is 9.84 Å². The number of amides is 1. The Balaban J connectivity index is 1.80. The van der Waals surface area contributed by atoms with E-state index in [1.807, 2.05) is 19.1 Å². The zero-order valence-corrected chi connectivity index (χ0v) is 13.6. The minimum Gasteiger partial charge on any atom is -0.353 e. The summed E-state index contributed by atoms with van der Waals surface area (Å²) in [5.74, 6) is 0.932. The third-order valence-electron chi connectivity index (χ3n) is 4.09. The molecule has 23 heavy (non-hydrogen) atoms. The van der Waals surface area contributed by atoms with Gasteiger partial charge in [0.1, 0.15) is 5.69 Å². The molecule has 2 aromatic heterocycles. The molecule has 1 atom stereocenters. The van der Waals surface area contributed by atoms with Crippen LogP contribution in [0.4, 0.5) is 0 Å². The highest BCUT2D eigenvalue weighted by molar-refractivity contribution is 5.82. The summed E-state index contributed by atoms with van der Waals surface area (Å²) >= 11 is 0. The van der Waals surface area contributed by atoms with E-state index in [0.29, 0.717) is 30.4 Å². The summed E-state index contributed by atoms with van der Waals surface area (Å²) in [6.45, 7) is 7.63. The first-order valence-corrected chi connectivity index (χ1v) is 7.84. The highest BCUT2D eigenvalue weighted by atomic mass is 16.5. The van der Waals surface area contributed by atoms with Gasteiger partial charge in [-0.1, -0.05) is 11.2 Å². The zero-order valence-electron chi connectivity index (χ0n) is 13.6. The number of rotatable bonds is 4. The number of hydrogen-bond acceptors (Lipinski definition) is 6. The Hall–Kier alpha value is -2.28. The van der Waals surface area contributed by atoms with Gasteiger partial charge >= 0.3 is 0 Å². The molecule has 7 heteroatoms. The molecule has 1 N–H and O–H groups in total. The molecule has 0 radical (unpaired) electrons. The Morgan fingerprint density at radius 1 is 1.48 bits per heavy atom. The van der Waals surface area contributed by atoms with Crippen molar-refractivity contribution in [3.63, 3.8) is 0 Å². The molecular formula is C16H21N5O2. The second kappa shape index (κ2) is 6.45. The van der Waals surface area contributed by atoms with Crippen molar-refractivity contribution in [1.29, 1.82) is 0 Å². The molecule has 0 saturated carbocycles. The Labute approximate surface area is 135 Å². The number of carbonyl (C=O) groups is 1. The fourth-order valence-corrected chi connectivity index (χ4v) is 2.88. The van der Waals surface area contributed by atoms with Crippen LogP contribution in [0.25, 0.3) is 11.5 Å². The van der Waals surface area contributed by atoms with Gasteiger partial charge in [0.15, 0.2) is 0 Å². The van der Waals surface area contributed by atoms with Gasteiger partial charge in [-0.25, -0.2) is 0 Å². The molecule has 3 heterocycles. The van der Waals surface area contributed by atoms with Crippen molar-refractivity contribution in [2.24, 2.45) is 0 Å². The van der Waals surface area contributed by atoms with Crippen LogP contribution in [-0.4, -0.2) is 51.1 Å². The number of nitrogens with one attached hydrogen (secondary N) is 1. The summed E-state index contributed by atoms with van der Waals surface area (Å²) in [5, 5.41) is 6.91. The molecule has 0 unspecified atom stereocenters. The van der Waals surface area contributed by atoms with Crippen LogP contribution in [0.15, 0.2) is 22.9 Å². The SMILES string of the molecule is Cc1cccnc1-c1noc(C[C@@H]2C(=O)NCCN2C(C)C)n1. The molecule has 0 aromatic carbocycles. The number of aromatic nitrogens is 3. The molecule has 122 valence electrons. The lowest BCUT2D eigenvalue weighted by Gasteiger charge is -2.37. The lowest BCUT2D eigenvalue weighted by atomic mass is 10.1. The summed E-state index contributed by atoms with van der Waals surface area (Å²) in [7, 11) is 0. The van der Waals surface area contributed by atoms with E-state index < -0.39 is 0 Å². The quantitative estimate of drug-likeness (QED) is 0.912. The first kappa shape index (κ1) is 15.6. The molecule has 7 nitrogen and oxygen atoms in total. The van der Waals surface area contributed by atoms with E-state index >= 15 is 0 Å². The molecule has 0 spiro atoms. The molecule has 1 amide bonds. The van der Waals surface area contributed by atoms with Crippen molar-refractivity contribution in [1.82, 2.24) is 25.3 Å². The van der Waals surface area contributed by atoms with Crippen molar-refractivity contribution in [3.05, 3.63) is 29.8 Å². The minimum absolute atomic E-state index is 0.0127. The van der Waals surface area contributed by atoms with Crippen LogP contribution in [0.3, 0.4) is 0 Å². The number of pyridine rings is 1. The van der Waals surface area contributed by atoms with E-state index in [4.69, 9.17) is 4.52 Å². The lowest BCUT2D eigenvalue weighted by molar-refractivity contribution is -0.130. The summed E-state index contributed by atoms with van der Waals surface area (Å²) in [4.78, 5) is 23.1. The van der Waals surface area contributed by atoms with Gasteiger partial charge in [0.2, 0.25) is 17.6 Å². The Bertz CT molecular complexity index is 697. The maximum Gasteiger partial charge on any atom is 0.237 e. The first-order chi connectivity index (χ1) is 11.1. The third kappa shape index (κ3) is 3.24. The summed E-state index contributed by atoms with van der Waals surface area (Å²) < 4.78 is 5.35. The number of piperazine rings is 1. The van der Waals surface area contributed by atoms with Gasteiger partial charge in [0, 0.05) is 25.3 Å². The molecule has 1 saturated heterocycles. The maximum absolute atomic E-state index is 12.2. The van der Waals surface area contributed by atoms with Crippen LogP contribution in [0.5, 0.6) is 0 Å². The molecule has 3 rings (SSSR count). The molecule has 0 bridgehead atoms. The van der Waals surface area contributed by atoms with E-state index in [1.54, 1.807) is 6.20 Å². The van der Waals surface area contributed by atoms with Crippen LogP contribution in [0.2, 0.25) is 0 Å². The predicted octanol–water partition coefficient (Wildman–Crippen LogP) is 1.19. The van der Waals surface area contributed by atoms with E-state index in [1.165, 1.54) is 0 Å². The number of carbonyl (C=O) groups excluding carboxylic acids is 1. The largest absolute Gasteiger partial charge is 0.353 e.